The lowest BCUT2D eigenvalue weighted by atomic mass is 10.1. The zero-order valence-corrected chi connectivity index (χ0v) is 15.4. The first-order chi connectivity index (χ1) is 9.17. The molecule has 1 aromatic rings. The van der Waals surface area contributed by atoms with Gasteiger partial charge in [0.25, 0.3) is 10.0 Å². The predicted molar refractivity (Wildman–Crippen MR) is 80.2 cm³/mol. The van der Waals surface area contributed by atoms with Crippen molar-refractivity contribution in [3.05, 3.63) is 4.60 Å². The Labute approximate surface area is 135 Å². The van der Waals surface area contributed by atoms with Crippen LogP contribution in [0.2, 0.25) is 0 Å². The fraction of sp³-hybridized carbons (Fsp3) is 0.800. The number of nitrogens with zero attached hydrogens (tertiary/aromatic N) is 4. The van der Waals surface area contributed by atoms with E-state index in [0.29, 0.717) is 11.9 Å². The quantitative estimate of drug-likeness (QED) is 0.670. The summed E-state index contributed by atoms with van der Waals surface area (Å²) in [7, 11) is -2.12. The van der Waals surface area contributed by atoms with Gasteiger partial charge in [0, 0.05) is 25.5 Å². The first-order valence-electron chi connectivity index (χ1n) is 5.96. The standard InChI is InChI=1S/C10H16Br2N4O3S/c1-10(2)6-16(5-7(4-11)19-10)20(17,18)9-8(12)13-14-15(9)3/h7H,4-6H2,1-3H3. The molecule has 1 fully saturated rings. The molecule has 1 unspecified atom stereocenters. The van der Waals surface area contributed by atoms with Gasteiger partial charge in [0.1, 0.15) is 0 Å². The lowest BCUT2D eigenvalue weighted by Crippen LogP contribution is -2.55. The van der Waals surface area contributed by atoms with Gasteiger partial charge in [-0.15, -0.1) is 5.10 Å². The summed E-state index contributed by atoms with van der Waals surface area (Å²) in [5.74, 6) is 0. The molecule has 0 saturated carbocycles. The largest absolute Gasteiger partial charge is 0.369 e. The van der Waals surface area contributed by atoms with Crippen molar-refractivity contribution < 1.29 is 13.2 Å². The van der Waals surface area contributed by atoms with Gasteiger partial charge in [-0.2, -0.15) is 4.31 Å². The summed E-state index contributed by atoms with van der Waals surface area (Å²) in [5.41, 5.74) is -0.539. The molecule has 114 valence electrons. The molecule has 2 heterocycles. The van der Waals surface area contributed by atoms with Crippen LogP contribution in [-0.4, -0.2) is 57.8 Å². The van der Waals surface area contributed by atoms with E-state index < -0.39 is 15.6 Å². The summed E-state index contributed by atoms with van der Waals surface area (Å²) in [4.78, 5) is 0. The van der Waals surface area contributed by atoms with Gasteiger partial charge in [-0.05, 0) is 29.8 Å². The van der Waals surface area contributed by atoms with Gasteiger partial charge in [0.2, 0.25) is 5.03 Å². The highest BCUT2D eigenvalue weighted by molar-refractivity contribution is 9.10. The molecule has 20 heavy (non-hydrogen) atoms. The average molecular weight is 432 g/mol. The Kier molecular flexibility index (Phi) is 4.60. The van der Waals surface area contributed by atoms with Crippen LogP contribution in [0.3, 0.4) is 0 Å². The van der Waals surface area contributed by atoms with E-state index in [1.165, 1.54) is 8.99 Å². The lowest BCUT2D eigenvalue weighted by molar-refractivity contribution is -0.107. The molecule has 1 atom stereocenters. The third-order valence-electron chi connectivity index (χ3n) is 2.94. The normalized spacial score (nSPS) is 23.9. The van der Waals surface area contributed by atoms with Crippen LogP contribution in [0.15, 0.2) is 9.63 Å². The molecule has 0 aromatic carbocycles. The summed E-state index contributed by atoms with van der Waals surface area (Å²) in [6.07, 6.45) is -0.187. The van der Waals surface area contributed by atoms with Crippen molar-refractivity contribution in [2.75, 3.05) is 18.4 Å². The molecule has 1 aliphatic heterocycles. The zero-order valence-electron chi connectivity index (χ0n) is 11.4. The van der Waals surface area contributed by atoms with Crippen molar-refractivity contribution in [2.45, 2.75) is 30.6 Å². The fourth-order valence-corrected chi connectivity index (χ4v) is 5.21. The van der Waals surface area contributed by atoms with Crippen molar-refractivity contribution in [3.63, 3.8) is 0 Å². The van der Waals surface area contributed by atoms with Crippen LogP contribution < -0.4 is 0 Å². The Morgan fingerprint density at radius 1 is 1.50 bits per heavy atom. The molecule has 1 aromatic heterocycles. The van der Waals surface area contributed by atoms with E-state index in [-0.39, 0.29) is 22.3 Å². The minimum Gasteiger partial charge on any atom is -0.369 e. The van der Waals surface area contributed by atoms with Crippen LogP contribution >= 0.6 is 31.9 Å². The summed E-state index contributed by atoms with van der Waals surface area (Å²) in [5, 5.41) is 8.10. The van der Waals surface area contributed by atoms with Crippen molar-refractivity contribution >= 4 is 41.9 Å². The Bertz CT molecular complexity index is 582. The molecule has 2 rings (SSSR count). The molecule has 1 aliphatic rings. The number of sulfonamides is 1. The molecule has 0 amide bonds. The summed E-state index contributed by atoms with van der Waals surface area (Å²) in [6.45, 7) is 4.34. The number of halogens is 2. The van der Waals surface area contributed by atoms with Gasteiger partial charge in [-0.25, -0.2) is 13.1 Å². The van der Waals surface area contributed by atoms with Crippen molar-refractivity contribution in [2.24, 2.45) is 7.05 Å². The predicted octanol–water partition coefficient (Wildman–Crippen LogP) is 1.14. The second kappa shape index (κ2) is 5.64. The monoisotopic (exact) mass is 430 g/mol. The van der Waals surface area contributed by atoms with Gasteiger partial charge >= 0.3 is 0 Å². The minimum absolute atomic E-state index is 0.0588. The van der Waals surface area contributed by atoms with E-state index >= 15 is 0 Å². The molecule has 7 nitrogen and oxygen atoms in total. The molecule has 0 spiro atoms. The number of aromatic nitrogens is 3. The van der Waals surface area contributed by atoms with Crippen LogP contribution in [-0.2, 0) is 21.8 Å². The van der Waals surface area contributed by atoms with Crippen molar-refractivity contribution in [3.8, 4) is 0 Å². The third kappa shape index (κ3) is 3.08. The number of alkyl halides is 1. The zero-order chi connectivity index (χ0) is 15.1. The van der Waals surface area contributed by atoms with Gasteiger partial charge in [-0.1, -0.05) is 21.1 Å². The number of morpholine rings is 1. The lowest BCUT2D eigenvalue weighted by Gasteiger charge is -2.41. The van der Waals surface area contributed by atoms with Crippen LogP contribution in [0, 0.1) is 0 Å². The second-order valence-corrected chi connectivity index (χ2v) is 8.51. The molecular weight excluding hydrogens is 416 g/mol. The van der Waals surface area contributed by atoms with Crippen LogP contribution in [0.5, 0.6) is 0 Å². The first kappa shape index (κ1) is 16.3. The summed E-state index contributed by atoms with van der Waals surface area (Å²) < 4.78 is 34.2. The Morgan fingerprint density at radius 3 is 2.65 bits per heavy atom. The Hall–Kier alpha value is -0.0300. The van der Waals surface area contributed by atoms with Crippen LogP contribution in [0.25, 0.3) is 0 Å². The highest BCUT2D eigenvalue weighted by Crippen LogP contribution is 2.29. The minimum atomic E-state index is -3.67. The maximum absolute atomic E-state index is 12.8. The van der Waals surface area contributed by atoms with Crippen molar-refractivity contribution in [1.82, 2.24) is 19.3 Å². The smallest absolute Gasteiger partial charge is 0.263 e. The van der Waals surface area contributed by atoms with Gasteiger partial charge in [-0.3, -0.25) is 0 Å². The number of hydrogen-bond acceptors (Lipinski definition) is 5. The molecule has 0 N–H and O–H groups in total. The topological polar surface area (TPSA) is 77.3 Å². The van der Waals surface area contributed by atoms with Gasteiger partial charge < -0.3 is 4.74 Å². The molecule has 0 aliphatic carbocycles. The van der Waals surface area contributed by atoms with E-state index in [0.717, 1.165) is 0 Å². The van der Waals surface area contributed by atoms with Crippen LogP contribution in [0.4, 0.5) is 0 Å². The van der Waals surface area contributed by atoms with E-state index in [4.69, 9.17) is 4.74 Å². The molecule has 10 heteroatoms. The van der Waals surface area contributed by atoms with E-state index in [1.807, 2.05) is 13.8 Å². The van der Waals surface area contributed by atoms with E-state index in [1.54, 1.807) is 7.05 Å². The second-order valence-electron chi connectivity index (χ2n) is 5.26. The highest BCUT2D eigenvalue weighted by Gasteiger charge is 2.41. The third-order valence-corrected chi connectivity index (χ3v) is 6.37. The molecular formula is C10H16Br2N4O3S. The maximum atomic E-state index is 12.8. The average Bonchev–Trinajstić information content (AvgIpc) is 2.67. The molecule has 0 bridgehead atoms. The van der Waals surface area contributed by atoms with Crippen LogP contribution in [0.1, 0.15) is 13.8 Å². The Balaban J connectivity index is 2.39. The fourth-order valence-electron chi connectivity index (χ4n) is 2.22. The number of aryl methyl sites for hydroxylation is 1. The molecule has 1 saturated heterocycles. The summed E-state index contributed by atoms with van der Waals surface area (Å²) in [6, 6.07) is 0. The number of ether oxygens (including phenoxy) is 1. The van der Waals surface area contributed by atoms with Gasteiger partial charge in [0.15, 0.2) is 4.60 Å². The first-order valence-corrected chi connectivity index (χ1v) is 9.32. The van der Waals surface area contributed by atoms with Crippen molar-refractivity contribution in [1.29, 1.82) is 0 Å². The Morgan fingerprint density at radius 2 is 2.15 bits per heavy atom. The number of hydrogen-bond donors (Lipinski definition) is 0. The summed E-state index contributed by atoms with van der Waals surface area (Å²) >= 11 is 6.49. The highest BCUT2D eigenvalue weighted by atomic mass is 79.9. The van der Waals surface area contributed by atoms with E-state index in [2.05, 4.69) is 42.2 Å². The SMILES string of the molecule is Cn1nnc(Br)c1S(=O)(=O)N1CC(CBr)OC(C)(C)C1. The van der Waals surface area contributed by atoms with Gasteiger partial charge in [0.05, 0.1) is 11.7 Å². The number of rotatable bonds is 3. The molecule has 0 radical (unpaired) electrons. The van der Waals surface area contributed by atoms with E-state index in [9.17, 15) is 8.42 Å². The maximum Gasteiger partial charge on any atom is 0.263 e.